The van der Waals surface area contributed by atoms with Crippen molar-refractivity contribution in [1.29, 1.82) is 0 Å². The summed E-state index contributed by atoms with van der Waals surface area (Å²) in [6.07, 6.45) is 0. The van der Waals surface area contributed by atoms with Crippen LogP contribution in [0.2, 0.25) is 5.02 Å². The predicted molar refractivity (Wildman–Crippen MR) is 41.3 cm³/mol. The van der Waals surface area contributed by atoms with E-state index in [-0.39, 0.29) is 22.3 Å². The van der Waals surface area contributed by atoms with E-state index in [1.807, 2.05) is 0 Å². The number of methoxy groups -OCH3 is 1. The van der Waals surface area contributed by atoms with Gasteiger partial charge in [-0.15, -0.1) is 0 Å². The minimum atomic E-state index is -0.191. The molecule has 1 rings (SSSR count). The standard InChI is InChI=1S/C7H7ClO3/c1-11-6-3-4(9)2-5(10)7(6)8/h2-3,9-10H,1H3. The highest BCUT2D eigenvalue weighted by molar-refractivity contribution is 6.33. The van der Waals surface area contributed by atoms with Gasteiger partial charge in [-0.05, 0) is 0 Å². The van der Waals surface area contributed by atoms with Crippen LogP contribution in [0, 0.1) is 0 Å². The first-order valence-corrected chi connectivity index (χ1v) is 3.28. The van der Waals surface area contributed by atoms with E-state index < -0.39 is 0 Å². The van der Waals surface area contributed by atoms with Crippen LogP contribution in [-0.4, -0.2) is 17.3 Å². The van der Waals surface area contributed by atoms with Gasteiger partial charge in [0.1, 0.15) is 22.3 Å². The number of rotatable bonds is 1. The summed E-state index contributed by atoms with van der Waals surface area (Å²) in [5.41, 5.74) is 0. The lowest BCUT2D eigenvalue weighted by molar-refractivity contribution is 0.398. The Morgan fingerprint density at radius 1 is 1.36 bits per heavy atom. The van der Waals surface area contributed by atoms with Crippen molar-refractivity contribution in [3.63, 3.8) is 0 Å². The molecule has 0 aliphatic carbocycles. The summed E-state index contributed by atoms with van der Waals surface area (Å²) in [5, 5.41) is 18.1. The van der Waals surface area contributed by atoms with Crippen molar-refractivity contribution < 1.29 is 14.9 Å². The van der Waals surface area contributed by atoms with Crippen LogP contribution < -0.4 is 4.74 Å². The van der Waals surface area contributed by atoms with Gasteiger partial charge in [0, 0.05) is 12.1 Å². The molecule has 0 heterocycles. The summed E-state index contributed by atoms with van der Waals surface area (Å²) in [6, 6.07) is 2.47. The molecule has 1 aromatic carbocycles. The second-order valence-electron chi connectivity index (χ2n) is 1.98. The Labute approximate surface area is 68.8 Å². The molecule has 1 aromatic rings. The smallest absolute Gasteiger partial charge is 0.144 e. The van der Waals surface area contributed by atoms with Gasteiger partial charge in [-0.2, -0.15) is 0 Å². The highest BCUT2D eigenvalue weighted by Gasteiger charge is 2.07. The van der Waals surface area contributed by atoms with E-state index in [0.717, 1.165) is 6.07 Å². The number of ether oxygens (including phenoxy) is 1. The van der Waals surface area contributed by atoms with Gasteiger partial charge in [0.25, 0.3) is 0 Å². The molecule has 0 saturated carbocycles. The van der Waals surface area contributed by atoms with E-state index >= 15 is 0 Å². The van der Waals surface area contributed by atoms with Gasteiger partial charge < -0.3 is 14.9 Å². The van der Waals surface area contributed by atoms with E-state index in [0.29, 0.717) is 0 Å². The molecule has 60 valence electrons. The van der Waals surface area contributed by atoms with Gasteiger partial charge in [-0.25, -0.2) is 0 Å². The Hall–Kier alpha value is -1.09. The highest BCUT2D eigenvalue weighted by Crippen LogP contribution is 2.36. The zero-order valence-electron chi connectivity index (χ0n) is 5.84. The summed E-state index contributed by atoms with van der Waals surface area (Å²) in [7, 11) is 1.40. The summed E-state index contributed by atoms with van der Waals surface area (Å²) in [4.78, 5) is 0. The SMILES string of the molecule is COc1cc(O)cc(O)c1Cl. The van der Waals surface area contributed by atoms with Crippen molar-refractivity contribution in [3.8, 4) is 17.2 Å². The number of phenolic OH excluding ortho intramolecular Hbond substituents is 2. The molecular formula is C7H7ClO3. The lowest BCUT2D eigenvalue weighted by Gasteiger charge is -2.04. The molecule has 3 nitrogen and oxygen atoms in total. The quantitative estimate of drug-likeness (QED) is 0.682. The van der Waals surface area contributed by atoms with Gasteiger partial charge >= 0.3 is 0 Å². The zero-order chi connectivity index (χ0) is 8.43. The van der Waals surface area contributed by atoms with Crippen molar-refractivity contribution >= 4 is 11.6 Å². The fraction of sp³-hybridized carbons (Fsp3) is 0.143. The van der Waals surface area contributed by atoms with Crippen molar-refractivity contribution in [1.82, 2.24) is 0 Å². The minimum absolute atomic E-state index is 0.0799. The summed E-state index contributed by atoms with van der Waals surface area (Å²) < 4.78 is 4.75. The number of benzene rings is 1. The third-order valence-electron chi connectivity index (χ3n) is 1.22. The van der Waals surface area contributed by atoms with Crippen molar-refractivity contribution in [2.24, 2.45) is 0 Å². The molecule has 4 heteroatoms. The Morgan fingerprint density at radius 3 is 2.55 bits per heavy atom. The van der Waals surface area contributed by atoms with Crippen LogP contribution in [0.1, 0.15) is 0 Å². The van der Waals surface area contributed by atoms with Crippen molar-refractivity contribution in [3.05, 3.63) is 17.2 Å². The van der Waals surface area contributed by atoms with E-state index in [1.165, 1.54) is 13.2 Å². The van der Waals surface area contributed by atoms with E-state index in [9.17, 15) is 0 Å². The van der Waals surface area contributed by atoms with Crippen LogP contribution in [0.25, 0.3) is 0 Å². The first kappa shape index (κ1) is 8.01. The summed E-state index contributed by atoms with van der Waals surface area (Å²) in [6.45, 7) is 0. The molecular weight excluding hydrogens is 168 g/mol. The lowest BCUT2D eigenvalue weighted by atomic mass is 10.3. The Bertz CT molecular complexity index is 273. The maximum atomic E-state index is 9.04. The molecule has 0 bridgehead atoms. The second kappa shape index (κ2) is 2.88. The third-order valence-corrected chi connectivity index (χ3v) is 1.60. The molecule has 0 aromatic heterocycles. The van der Waals surface area contributed by atoms with Crippen LogP contribution in [0.3, 0.4) is 0 Å². The first-order chi connectivity index (χ1) is 5.15. The number of hydrogen-bond donors (Lipinski definition) is 2. The molecule has 0 aliphatic heterocycles. The van der Waals surface area contributed by atoms with Gasteiger partial charge in [-0.1, -0.05) is 11.6 Å². The molecule has 11 heavy (non-hydrogen) atoms. The molecule has 0 aliphatic rings. The maximum absolute atomic E-state index is 9.04. The maximum Gasteiger partial charge on any atom is 0.144 e. The molecule has 0 saturated heterocycles. The Balaban J connectivity index is 3.24. The fourth-order valence-corrected chi connectivity index (χ4v) is 0.904. The number of halogens is 1. The second-order valence-corrected chi connectivity index (χ2v) is 2.36. The van der Waals surface area contributed by atoms with E-state index in [4.69, 9.17) is 26.6 Å². The van der Waals surface area contributed by atoms with Crippen LogP contribution in [0.15, 0.2) is 12.1 Å². The molecule has 0 spiro atoms. The molecule has 0 fully saturated rings. The highest BCUT2D eigenvalue weighted by atomic mass is 35.5. The topological polar surface area (TPSA) is 49.7 Å². The van der Waals surface area contributed by atoms with Crippen LogP contribution in [0.4, 0.5) is 0 Å². The van der Waals surface area contributed by atoms with Gasteiger partial charge in [0.15, 0.2) is 0 Å². The summed E-state index contributed by atoms with van der Waals surface area (Å²) in [5.74, 6) is -0.0172. The number of hydrogen-bond acceptors (Lipinski definition) is 3. The molecule has 2 N–H and O–H groups in total. The third kappa shape index (κ3) is 1.49. The monoisotopic (exact) mass is 174 g/mol. The zero-order valence-corrected chi connectivity index (χ0v) is 6.59. The predicted octanol–water partition coefficient (Wildman–Crippen LogP) is 1.76. The molecule has 0 unspecified atom stereocenters. The number of phenols is 2. The fourth-order valence-electron chi connectivity index (χ4n) is 0.718. The first-order valence-electron chi connectivity index (χ1n) is 2.90. The molecule has 0 amide bonds. The van der Waals surface area contributed by atoms with Crippen LogP contribution in [-0.2, 0) is 0 Å². The van der Waals surface area contributed by atoms with E-state index in [1.54, 1.807) is 0 Å². The Morgan fingerprint density at radius 2 is 2.00 bits per heavy atom. The average Bonchev–Trinajstić information content (AvgIpc) is 1.96. The van der Waals surface area contributed by atoms with Gasteiger partial charge in [0.05, 0.1) is 7.11 Å². The van der Waals surface area contributed by atoms with Gasteiger partial charge in [-0.3, -0.25) is 0 Å². The average molecular weight is 175 g/mol. The van der Waals surface area contributed by atoms with Crippen LogP contribution in [0.5, 0.6) is 17.2 Å². The minimum Gasteiger partial charge on any atom is -0.508 e. The molecule has 0 radical (unpaired) electrons. The largest absolute Gasteiger partial charge is 0.508 e. The summed E-state index contributed by atoms with van der Waals surface area (Å²) >= 11 is 5.58. The lowest BCUT2D eigenvalue weighted by Crippen LogP contribution is -1.83. The van der Waals surface area contributed by atoms with E-state index in [2.05, 4.69) is 0 Å². The Kier molecular flexibility index (Phi) is 2.10. The molecule has 0 atom stereocenters. The number of aromatic hydroxyl groups is 2. The van der Waals surface area contributed by atoms with Gasteiger partial charge in [0.2, 0.25) is 0 Å². The van der Waals surface area contributed by atoms with Crippen molar-refractivity contribution in [2.75, 3.05) is 7.11 Å². The normalized spacial score (nSPS) is 9.64. The van der Waals surface area contributed by atoms with Crippen molar-refractivity contribution in [2.45, 2.75) is 0 Å². The van der Waals surface area contributed by atoms with Crippen LogP contribution >= 0.6 is 11.6 Å².